The van der Waals surface area contributed by atoms with Crippen LogP contribution in [-0.4, -0.2) is 29.2 Å². The number of benzene rings is 2. The molecule has 0 saturated heterocycles. The third kappa shape index (κ3) is 4.99. The normalized spacial score (nSPS) is 11.7. The van der Waals surface area contributed by atoms with Crippen LogP contribution in [-0.2, 0) is 20.9 Å². The van der Waals surface area contributed by atoms with E-state index in [-0.39, 0.29) is 24.6 Å². The standard InChI is InChI=1S/C22H21ClN2O5/c1-3-29-22(28)14(2)30-19-6-4-5-18-17(19)11-12-25(21(18)27)13-20(26)24-16-9-7-15(23)8-10-16/h4-12,14H,3,13H2,1-2H3,(H,24,26)/t14-/m1/s1. The molecule has 1 heterocycles. The van der Waals surface area contributed by atoms with Crippen molar-refractivity contribution in [2.75, 3.05) is 11.9 Å². The maximum atomic E-state index is 12.9. The Kier molecular flexibility index (Phi) is 6.74. The van der Waals surface area contributed by atoms with Crippen LogP contribution >= 0.6 is 11.6 Å². The molecule has 7 nitrogen and oxygen atoms in total. The van der Waals surface area contributed by atoms with Gasteiger partial charge in [0.1, 0.15) is 12.3 Å². The number of amides is 1. The van der Waals surface area contributed by atoms with Crippen molar-refractivity contribution >= 4 is 39.9 Å². The Balaban J connectivity index is 1.80. The Morgan fingerprint density at radius 3 is 2.53 bits per heavy atom. The lowest BCUT2D eigenvalue weighted by atomic mass is 10.1. The first-order chi connectivity index (χ1) is 14.4. The molecular weight excluding hydrogens is 408 g/mol. The predicted octanol–water partition coefficient (Wildman–Crippen LogP) is 3.62. The van der Waals surface area contributed by atoms with Crippen LogP contribution in [0.2, 0.25) is 5.02 Å². The number of anilines is 1. The lowest BCUT2D eigenvalue weighted by Crippen LogP contribution is -2.28. The fourth-order valence-electron chi connectivity index (χ4n) is 2.90. The monoisotopic (exact) mass is 428 g/mol. The number of carbonyl (C=O) groups is 2. The van der Waals surface area contributed by atoms with Crippen LogP contribution in [0, 0.1) is 0 Å². The third-order valence-corrected chi connectivity index (χ3v) is 4.59. The number of fused-ring (bicyclic) bond motifs is 1. The molecule has 0 saturated carbocycles. The molecule has 3 aromatic rings. The second kappa shape index (κ2) is 9.45. The molecule has 156 valence electrons. The van der Waals surface area contributed by atoms with Gasteiger partial charge in [0.05, 0.1) is 12.0 Å². The van der Waals surface area contributed by atoms with E-state index >= 15 is 0 Å². The molecule has 3 rings (SSSR count). The third-order valence-electron chi connectivity index (χ3n) is 4.34. The van der Waals surface area contributed by atoms with Crippen molar-refractivity contribution in [1.82, 2.24) is 4.57 Å². The number of hydrogen-bond acceptors (Lipinski definition) is 5. The van der Waals surface area contributed by atoms with Crippen LogP contribution in [0.25, 0.3) is 10.8 Å². The Morgan fingerprint density at radius 2 is 1.83 bits per heavy atom. The first kappa shape index (κ1) is 21.4. The molecule has 2 aromatic carbocycles. The van der Waals surface area contributed by atoms with Gasteiger partial charge in [0.25, 0.3) is 5.56 Å². The number of rotatable bonds is 7. The molecule has 0 fully saturated rings. The van der Waals surface area contributed by atoms with Crippen molar-refractivity contribution in [2.24, 2.45) is 0 Å². The van der Waals surface area contributed by atoms with Gasteiger partial charge in [0.15, 0.2) is 6.10 Å². The average molecular weight is 429 g/mol. The maximum absolute atomic E-state index is 12.9. The molecule has 0 aliphatic carbocycles. The maximum Gasteiger partial charge on any atom is 0.347 e. The first-order valence-electron chi connectivity index (χ1n) is 9.40. The summed E-state index contributed by atoms with van der Waals surface area (Å²) in [5, 5.41) is 4.21. The number of aromatic nitrogens is 1. The Hall–Kier alpha value is -3.32. The summed E-state index contributed by atoms with van der Waals surface area (Å²) in [5.41, 5.74) is 0.245. The van der Waals surface area contributed by atoms with Crippen molar-refractivity contribution in [3.63, 3.8) is 0 Å². The topological polar surface area (TPSA) is 86.6 Å². The minimum absolute atomic E-state index is 0.151. The lowest BCUT2D eigenvalue weighted by molar-refractivity contribution is -0.150. The van der Waals surface area contributed by atoms with E-state index in [9.17, 15) is 14.4 Å². The largest absolute Gasteiger partial charge is 0.478 e. The molecule has 0 unspecified atom stereocenters. The predicted molar refractivity (Wildman–Crippen MR) is 115 cm³/mol. The van der Waals surface area contributed by atoms with Crippen LogP contribution in [0.3, 0.4) is 0 Å². The summed E-state index contributed by atoms with van der Waals surface area (Å²) in [6, 6.07) is 13.3. The molecule has 0 aliphatic rings. The summed E-state index contributed by atoms with van der Waals surface area (Å²) < 4.78 is 12.0. The van der Waals surface area contributed by atoms with Gasteiger partial charge in [-0.05, 0) is 56.3 Å². The SMILES string of the molecule is CCOC(=O)[C@@H](C)Oc1cccc2c(=O)n(CC(=O)Nc3ccc(Cl)cc3)ccc12. The van der Waals surface area contributed by atoms with Crippen molar-refractivity contribution in [3.05, 3.63) is 70.1 Å². The van der Waals surface area contributed by atoms with Crippen molar-refractivity contribution in [1.29, 1.82) is 0 Å². The minimum Gasteiger partial charge on any atom is -0.478 e. The summed E-state index contributed by atoms with van der Waals surface area (Å²) in [6.45, 7) is 3.40. The van der Waals surface area contributed by atoms with Crippen molar-refractivity contribution in [3.8, 4) is 5.75 Å². The summed E-state index contributed by atoms with van der Waals surface area (Å²) in [4.78, 5) is 37.0. The van der Waals surface area contributed by atoms with Crippen LogP contribution in [0.4, 0.5) is 5.69 Å². The minimum atomic E-state index is -0.817. The number of ether oxygens (including phenoxy) is 2. The molecule has 1 N–H and O–H groups in total. The number of nitrogens with one attached hydrogen (secondary N) is 1. The quantitative estimate of drug-likeness (QED) is 0.581. The van der Waals surface area contributed by atoms with Gasteiger partial charge in [0.2, 0.25) is 5.91 Å². The molecule has 1 amide bonds. The molecule has 30 heavy (non-hydrogen) atoms. The lowest BCUT2D eigenvalue weighted by Gasteiger charge is -2.15. The highest BCUT2D eigenvalue weighted by atomic mass is 35.5. The summed E-state index contributed by atoms with van der Waals surface area (Å²) in [6.07, 6.45) is 0.705. The van der Waals surface area contributed by atoms with Gasteiger partial charge in [0, 0.05) is 22.3 Å². The second-order valence-electron chi connectivity index (χ2n) is 6.53. The molecular formula is C22H21ClN2O5. The molecule has 1 aromatic heterocycles. The Bertz CT molecular complexity index is 1120. The van der Waals surface area contributed by atoms with Crippen LogP contribution in [0.1, 0.15) is 13.8 Å². The zero-order valence-electron chi connectivity index (χ0n) is 16.6. The van der Waals surface area contributed by atoms with E-state index < -0.39 is 12.1 Å². The highest BCUT2D eigenvalue weighted by Crippen LogP contribution is 2.24. The van der Waals surface area contributed by atoms with Gasteiger partial charge in [-0.2, -0.15) is 0 Å². The Morgan fingerprint density at radius 1 is 1.10 bits per heavy atom. The van der Waals surface area contributed by atoms with Crippen molar-refractivity contribution in [2.45, 2.75) is 26.5 Å². The van der Waals surface area contributed by atoms with Crippen LogP contribution in [0.15, 0.2) is 59.5 Å². The number of esters is 1. The molecule has 8 heteroatoms. The molecule has 0 radical (unpaired) electrons. The molecule has 0 aliphatic heterocycles. The van der Waals surface area contributed by atoms with E-state index in [1.165, 1.54) is 10.8 Å². The van der Waals surface area contributed by atoms with Gasteiger partial charge in [-0.15, -0.1) is 0 Å². The van der Waals surface area contributed by atoms with Crippen molar-refractivity contribution < 1.29 is 19.1 Å². The fraction of sp³-hybridized carbons (Fsp3) is 0.227. The smallest absolute Gasteiger partial charge is 0.347 e. The zero-order chi connectivity index (χ0) is 21.7. The summed E-state index contributed by atoms with van der Waals surface area (Å²) in [7, 11) is 0. The molecule has 0 bridgehead atoms. The van der Waals surface area contributed by atoms with E-state index in [1.807, 2.05) is 0 Å². The van der Waals surface area contributed by atoms with E-state index in [1.54, 1.807) is 62.4 Å². The van der Waals surface area contributed by atoms with Gasteiger partial charge in [-0.25, -0.2) is 4.79 Å². The second-order valence-corrected chi connectivity index (χ2v) is 6.97. The zero-order valence-corrected chi connectivity index (χ0v) is 17.3. The van der Waals surface area contributed by atoms with Gasteiger partial charge in [-0.3, -0.25) is 9.59 Å². The number of nitrogens with zero attached hydrogens (tertiary/aromatic N) is 1. The number of halogens is 1. The van der Waals surface area contributed by atoms with E-state index in [0.29, 0.717) is 27.2 Å². The first-order valence-corrected chi connectivity index (χ1v) is 9.77. The fourth-order valence-corrected chi connectivity index (χ4v) is 3.03. The number of hydrogen-bond donors (Lipinski definition) is 1. The summed E-state index contributed by atoms with van der Waals surface area (Å²) >= 11 is 5.84. The number of carbonyl (C=O) groups excluding carboxylic acids is 2. The summed E-state index contributed by atoms with van der Waals surface area (Å²) in [5.74, 6) is -0.438. The van der Waals surface area contributed by atoms with E-state index in [4.69, 9.17) is 21.1 Å². The average Bonchev–Trinajstić information content (AvgIpc) is 2.72. The van der Waals surface area contributed by atoms with Crippen LogP contribution < -0.4 is 15.6 Å². The van der Waals surface area contributed by atoms with E-state index in [0.717, 1.165) is 0 Å². The van der Waals surface area contributed by atoms with Crippen LogP contribution in [0.5, 0.6) is 5.75 Å². The molecule has 0 spiro atoms. The molecule has 1 atom stereocenters. The number of pyridine rings is 1. The Labute approximate surface area is 178 Å². The van der Waals surface area contributed by atoms with Gasteiger partial charge < -0.3 is 19.4 Å². The highest BCUT2D eigenvalue weighted by Gasteiger charge is 2.18. The van der Waals surface area contributed by atoms with Gasteiger partial charge in [-0.1, -0.05) is 17.7 Å². The highest BCUT2D eigenvalue weighted by molar-refractivity contribution is 6.30. The van der Waals surface area contributed by atoms with Gasteiger partial charge >= 0.3 is 5.97 Å². The van der Waals surface area contributed by atoms with E-state index in [2.05, 4.69) is 5.32 Å².